The molecule has 1 fully saturated rings. The molecule has 2 atom stereocenters. The van der Waals surface area contributed by atoms with E-state index in [2.05, 4.69) is 13.8 Å². The maximum atomic E-state index is 6.79. The van der Waals surface area contributed by atoms with E-state index in [0.29, 0.717) is 5.92 Å². The molecule has 1 aromatic rings. The van der Waals surface area contributed by atoms with E-state index in [1.54, 1.807) is 7.11 Å². The van der Waals surface area contributed by atoms with Crippen LogP contribution in [0.15, 0.2) is 18.2 Å². The van der Waals surface area contributed by atoms with Crippen LogP contribution in [0.4, 0.5) is 0 Å². The highest BCUT2D eigenvalue weighted by Gasteiger charge is 2.38. The largest absolute Gasteiger partial charge is 0.496 e. The van der Waals surface area contributed by atoms with Crippen LogP contribution in [0.25, 0.3) is 0 Å². The minimum Gasteiger partial charge on any atom is -0.496 e. The van der Waals surface area contributed by atoms with Crippen LogP contribution in [-0.4, -0.2) is 7.11 Å². The highest BCUT2D eigenvalue weighted by molar-refractivity contribution is 6.31. The van der Waals surface area contributed by atoms with Gasteiger partial charge in [0.05, 0.1) is 12.5 Å². The first-order chi connectivity index (χ1) is 8.95. The molecule has 19 heavy (non-hydrogen) atoms. The third kappa shape index (κ3) is 3.20. The summed E-state index contributed by atoms with van der Waals surface area (Å²) in [6.45, 7) is 4.65. The topological polar surface area (TPSA) is 9.23 Å². The molecule has 1 nitrogen and oxygen atoms in total. The summed E-state index contributed by atoms with van der Waals surface area (Å²) in [5, 5.41) is 0.680. The molecule has 2 unspecified atom stereocenters. The van der Waals surface area contributed by atoms with Crippen molar-refractivity contribution >= 4 is 23.2 Å². The number of rotatable bonds is 3. The first kappa shape index (κ1) is 15.0. The van der Waals surface area contributed by atoms with E-state index < -0.39 is 0 Å². The molecular formula is C16H22Cl2O. The Balaban J connectivity index is 2.32. The van der Waals surface area contributed by atoms with Gasteiger partial charge < -0.3 is 4.74 Å². The maximum absolute atomic E-state index is 6.79. The van der Waals surface area contributed by atoms with E-state index in [1.165, 1.54) is 25.7 Å². The summed E-state index contributed by atoms with van der Waals surface area (Å²) in [4.78, 5) is 0. The van der Waals surface area contributed by atoms with Crippen molar-refractivity contribution in [2.45, 2.75) is 44.9 Å². The Bertz CT molecular complexity index is 442. The molecule has 1 aliphatic carbocycles. The van der Waals surface area contributed by atoms with Crippen LogP contribution in [0, 0.1) is 11.3 Å². The lowest BCUT2D eigenvalue weighted by molar-refractivity contribution is 0.132. The quantitative estimate of drug-likeness (QED) is 0.637. The Morgan fingerprint density at radius 1 is 1.32 bits per heavy atom. The van der Waals surface area contributed by atoms with Gasteiger partial charge in [-0.15, -0.1) is 11.6 Å². The molecule has 0 heterocycles. The zero-order valence-electron chi connectivity index (χ0n) is 11.9. The summed E-state index contributed by atoms with van der Waals surface area (Å²) in [6, 6.07) is 5.70. The SMILES string of the molecule is COc1ccc(Cl)cc1C(Cl)C1CCCCC1(C)C. The highest BCUT2D eigenvalue weighted by atomic mass is 35.5. The predicted octanol–water partition coefficient (Wildman–Crippen LogP) is 5.84. The molecule has 0 spiro atoms. The van der Waals surface area contributed by atoms with Crippen LogP contribution in [0.5, 0.6) is 5.75 Å². The molecule has 0 aliphatic heterocycles. The normalized spacial score (nSPS) is 23.9. The second-order valence-electron chi connectivity index (χ2n) is 6.13. The summed E-state index contributed by atoms with van der Waals surface area (Å²) in [5.74, 6) is 1.31. The summed E-state index contributed by atoms with van der Waals surface area (Å²) in [5.41, 5.74) is 1.30. The average Bonchev–Trinajstić information content (AvgIpc) is 2.37. The molecule has 0 bridgehead atoms. The maximum Gasteiger partial charge on any atom is 0.123 e. The van der Waals surface area contributed by atoms with E-state index in [4.69, 9.17) is 27.9 Å². The zero-order valence-corrected chi connectivity index (χ0v) is 13.4. The van der Waals surface area contributed by atoms with Gasteiger partial charge in [-0.2, -0.15) is 0 Å². The van der Waals surface area contributed by atoms with E-state index in [0.717, 1.165) is 16.3 Å². The summed E-state index contributed by atoms with van der Waals surface area (Å²) in [7, 11) is 1.68. The zero-order chi connectivity index (χ0) is 14.0. The number of ether oxygens (including phenoxy) is 1. The third-order valence-electron chi connectivity index (χ3n) is 4.43. The molecule has 0 N–H and O–H groups in total. The predicted molar refractivity (Wildman–Crippen MR) is 82.3 cm³/mol. The standard InChI is InChI=1S/C16H22Cl2O/c1-16(2)9-5-4-6-13(16)15(18)12-10-11(17)7-8-14(12)19-3/h7-8,10,13,15H,4-6,9H2,1-3H3. The van der Waals surface area contributed by atoms with E-state index >= 15 is 0 Å². The lowest BCUT2D eigenvalue weighted by Crippen LogP contribution is -2.31. The van der Waals surface area contributed by atoms with Crippen LogP contribution in [0.2, 0.25) is 5.02 Å². The van der Waals surface area contributed by atoms with Gasteiger partial charge in [-0.25, -0.2) is 0 Å². The van der Waals surface area contributed by atoms with Crippen LogP contribution in [0.3, 0.4) is 0 Å². The van der Waals surface area contributed by atoms with E-state index in [9.17, 15) is 0 Å². The van der Waals surface area contributed by atoms with Gasteiger partial charge >= 0.3 is 0 Å². The van der Waals surface area contributed by atoms with Crippen molar-refractivity contribution in [2.75, 3.05) is 7.11 Å². The minimum atomic E-state index is -0.0380. The molecule has 0 amide bonds. The first-order valence-corrected chi connectivity index (χ1v) is 7.74. The molecule has 3 heteroatoms. The van der Waals surface area contributed by atoms with Crippen molar-refractivity contribution in [3.05, 3.63) is 28.8 Å². The lowest BCUT2D eigenvalue weighted by Gasteiger charge is -2.41. The summed E-state index contributed by atoms with van der Waals surface area (Å²) < 4.78 is 5.44. The van der Waals surface area contributed by atoms with Crippen molar-refractivity contribution in [2.24, 2.45) is 11.3 Å². The summed E-state index contributed by atoms with van der Waals surface area (Å²) in [6.07, 6.45) is 4.99. The Labute approximate surface area is 126 Å². The Hall–Kier alpha value is -0.400. The van der Waals surface area contributed by atoms with Crippen LogP contribution < -0.4 is 4.74 Å². The fraction of sp³-hybridized carbons (Fsp3) is 0.625. The summed E-state index contributed by atoms with van der Waals surface area (Å²) >= 11 is 12.9. The van der Waals surface area contributed by atoms with Crippen LogP contribution in [-0.2, 0) is 0 Å². The lowest BCUT2D eigenvalue weighted by atomic mass is 9.66. The molecule has 0 saturated heterocycles. The van der Waals surface area contributed by atoms with Gasteiger partial charge in [0.25, 0.3) is 0 Å². The van der Waals surface area contributed by atoms with Crippen molar-refractivity contribution < 1.29 is 4.74 Å². The Morgan fingerprint density at radius 3 is 2.68 bits per heavy atom. The number of methoxy groups -OCH3 is 1. The van der Waals surface area contributed by atoms with Crippen LogP contribution in [0.1, 0.15) is 50.5 Å². The Kier molecular flexibility index (Phi) is 4.68. The monoisotopic (exact) mass is 300 g/mol. The van der Waals surface area contributed by atoms with E-state index in [1.807, 2.05) is 18.2 Å². The van der Waals surface area contributed by atoms with E-state index in [-0.39, 0.29) is 10.8 Å². The molecule has 1 saturated carbocycles. The van der Waals surface area contributed by atoms with Crippen molar-refractivity contribution in [1.29, 1.82) is 0 Å². The molecule has 1 aromatic carbocycles. The second-order valence-corrected chi connectivity index (χ2v) is 7.04. The van der Waals surface area contributed by atoms with Crippen molar-refractivity contribution in [3.8, 4) is 5.75 Å². The molecule has 0 aromatic heterocycles. The fourth-order valence-electron chi connectivity index (χ4n) is 3.20. The third-order valence-corrected chi connectivity index (χ3v) is 5.21. The number of alkyl halides is 1. The smallest absolute Gasteiger partial charge is 0.123 e. The molecular weight excluding hydrogens is 279 g/mol. The van der Waals surface area contributed by atoms with Crippen LogP contribution >= 0.6 is 23.2 Å². The molecule has 106 valence electrons. The van der Waals surface area contributed by atoms with Gasteiger partial charge in [0.15, 0.2) is 0 Å². The molecule has 0 radical (unpaired) electrons. The van der Waals surface area contributed by atoms with Crippen molar-refractivity contribution in [3.63, 3.8) is 0 Å². The number of benzene rings is 1. The highest BCUT2D eigenvalue weighted by Crippen LogP contribution is 2.51. The molecule has 1 aliphatic rings. The minimum absolute atomic E-state index is 0.0380. The van der Waals surface area contributed by atoms with Gasteiger partial charge in [0.2, 0.25) is 0 Å². The first-order valence-electron chi connectivity index (χ1n) is 6.93. The van der Waals surface area contributed by atoms with Gasteiger partial charge in [-0.3, -0.25) is 0 Å². The van der Waals surface area contributed by atoms with Gasteiger partial charge in [0, 0.05) is 10.6 Å². The van der Waals surface area contributed by atoms with Gasteiger partial charge in [0.1, 0.15) is 5.75 Å². The Morgan fingerprint density at radius 2 is 2.05 bits per heavy atom. The number of hydrogen-bond donors (Lipinski definition) is 0. The van der Waals surface area contributed by atoms with Crippen molar-refractivity contribution in [1.82, 2.24) is 0 Å². The average molecular weight is 301 g/mol. The second kappa shape index (κ2) is 5.93. The number of halogens is 2. The molecule has 2 rings (SSSR count). The van der Waals surface area contributed by atoms with Gasteiger partial charge in [-0.05, 0) is 42.4 Å². The van der Waals surface area contributed by atoms with Gasteiger partial charge in [-0.1, -0.05) is 38.3 Å². The fourth-order valence-corrected chi connectivity index (χ4v) is 4.02. The number of hydrogen-bond acceptors (Lipinski definition) is 1.